The zero-order valence-electron chi connectivity index (χ0n) is 19.0. The van der Waals surface area contributed by atoms with Crippen molar-refractivity contribution in [1.29, 1.82) is 0 Å². The average Bonchev–Trinajstić information content (AvgIpc) is 2.88. The van der Waals surface area contributed by atoms with E-state index < -0.39 is 0 Å². The van der Waals surface area contributed by atoms with Crippen molar-refractivity contribution in [2.75, 3.05) is 26.5 Å². The molecule has 0 fully saturated rings. The number of ether oxygens (including phenoxy) is 2. The number of hydrogen-bond donors (Lipinski definition) is 1. The number of carbonyl (C=O) groups excluding carboxylic acids is 1. The number of benzene rings is 3. The van der Waals surface area contributed by atoms with Gasteiger partial charge in [-0.15, -0.1) is 0 Å². The molecule has 34 heavy (non-hydrogen) atoms. The van der Waals surface area contributed by atoms with Crippen molar-refractivity contribution in [2.24, 2.45) is 0 Å². The molecule has 0 unspecified atom stereocenters. The molecule has 8 heteroatoms. The lowest BCUT2D eigenvalue weighted by Crippen LogP contribution is -2.28. The molecule has 0 aliphatic rings. The van der Waals surface area contributed by atoms with E-state index in [9.17, 15) is 9.59 Å². The predicted octanol–water partition coefficient (Wildman–Crippen LogP) is 3.85. The largest absolute Gasteiger partial charge is 0.497 e. The Bertz CT molecular complexity index is 1350. The second kappa shape index (κ2) is 10.9. The topological polar surface area (TPSA) is 82.5 Å². The number of para-hydroxylation sites is 3. The third-order valence-electron chi connectivity index (χ3n) is 5.30. The molecule has 0 radical (unpaired) electrons. The van der Waals surface area contributed by atoms with Crippen LogP contribution in [0, 0.1) is 0 Å². The van der Waals surface area contributed by atoms with Gasteiger partial charge in [0.25, 0.3) is 5.56 Å². The first-order valence-corrected chi connectivity index (χ1v) is 11.8. The number of hydrogen-bond acceptors (Lipinski definition) is 6. The molecule has 1 amide bonds. The molecule has 3 aromatic carbocycles. The fourth-order valence-corrected chi connectivity index (χ4v) is 4.39. The summed E-state index contributed by atoms with van der Waals surface area (Å²) in [7, 11) is 3.19. The Kier molecular flexibility index (Phi) is 7.49. The number of carbonyl (C=O) groups is 1. The molecular formula is C26H25N3O4S. The molecule has 4 aromatic rings. The van der Waals surface area contributed by atoms with Crippen LogP contribution in [-0.4, -0.2) is 42.0 Å². The van der Waals surface area contributed by atoms with Gasteiger partial charge in [-0.1, -0.05) is 48.2 Å². The van der Waals surface area contributed by atoms with Crippen molar-refractivity contribution < 1.29 is 14.3 Å². The van der Waals surface area contributed by atoms with Crippen molar-refractivity contribution >= 4 is 28.6 Å². The van der Waals surface area contributed by atoms with Crippen molar-refractivity contribution in [3.8, 4) is 17.2 Å². The van der Waals surface area contributed by atoms with Gasteiger partial charge in [0.05, 0.1) is 36.6 Å². The van der Waals surface area contributed by atoms with Crippen LogP contribution >= 0.6 is 11.8 Å². The second-order valence-corrected chi connectivity index (χ2v) is 8.40. The zero-order chi connectivity index (χ0) is 23.9. The minimum absolute atomic E-state index is 0.128. The van der Waals surface area contributed by atoms with Crippen LogP contribution in [0.3, 0.4) is 0 Å². The predicted molar refractivity (Wildman–Crippen MR) is 134 cm³/mol. The lowest BCUT2D eigenvalue weighted by Gasteiger charge is -2.15. The van der Waals surface area contributed by atoms with E-state index in [0.29, 0.717) is 40.5 Å². The maximum Gasteiger partial charge on any atom is 0.266 e. The van der Waals surface area contributed by atoms with Gasteiger partial charge in [-0.25, -0.2) is 4.98 Å². The molecule has 0 saturated carbocycles. The highest BCUT2D eigenvalue weighted by Crippen LogP contribution is 2.27. The lowest BCUT2D eigenvalue weighted by atomic mass is 10.1. The maximum atomic E-state index is 13.4. The SMILES string of the molecule is COc1ccc(CCNC(=O)CSc2nc3ccccc3c(=O)n2-c2ccccc2OC)cc1. The molecule has 0 spiro atoms. The number of fused-ring (bicyclic) bond motifs is 1. The van der Waals surface area contributed by atoms with Gasteiger partial charge in [-0.2, -0.15) is 0 Å². The third kappa shape index (κ3) is 5.23. The van der Waals surface area contributed by atoms with Crippen LogP contribution in [0.2, 0.25) is 0 Å². The first-order chi connectivity index (χ1) is 16.6. The zero-order valence-corrected chi connectivity index (χ0v) is 19.8. The Morgan fingerprint density at radius 1 is 0.971 bits per heavy atom. The van der Waals surface area contributed by atoms with E-state index in [0.717, 1.165) is 11.3 Å². The highest BCUT2D eigenvalue weighted by molar-refractivity contribution is 7.99. The van der Waals surface area contributed by atoms with E-state index in [1.807, 2.05) is 42.5 Å². The summed E-state index contributed by atoms with van der Waals surface area (Å²) >= 11 is 1.22. The summed E-state index contributed by atoms with van der Waals surface area (Å²) in [5, 5.41) is 3.86. The fraction of sp³-hybridized carbons (Fsp3) is 0.192. The van der Waals surface area contributed by atoms with Crippen LogP contribution in [0.4, 0.5) is 0 Å². The molecule has 174 valence electrons. The molecule has 1 heterocycles. The smallest absolute Gasteiger partial charge is 0.266 e. The molecule has 1 aromatic heterocycles. The van der Waals surface area contributed by atoms with Crippen LogP contribution in [0.5, 0.6) is 11.5 Å². The molecule has 1 N–H and O–H groups in total. The monoisotopic (exact) mass is 475 g/mol. The van der Waals surface area contributed by atoms with Crippen LogP contribution in [0.15, 0.2) is 82.7 Å². The number of nitrogens with one attached hydrogen (secondary N) is 1. The number of nitrogens with zero attached hydrogens (tertiary/aromatic N) is 2. The number of aromatic nitrogens is 2. The summed E-state index contributed by atoms with van der Waals surface area (Å²) < 4.78 is 12.2. The lowest BCUT2D eigenvalue weighted by molar-refractivity contribution is -0.118. The van der Waals surface area contributed by atoms with Gasteiger partial charge in [-0.05, 0) is 48.4 Å². The Morgan fingerprint density at radius 3 is 2.47 bits per heavy atom. The van der Waals surface area contributed by atoms with E-state index in [1.165, 1.54) is 16.3 Å². The van der Waals surface area contributed by atoms with E-state index >= 15 is 0 Å². The van der Waals surface area contributed by atoms with Gasteiger partial charge in [0.1, 0.15) is 11.5 Å². The van der Waals surface area contributed by atoms with Gasteiger partial charge in [0.2, 0.25) is 5.91 Å². The van der Waals surface area contributed by atoms with Crippen molar-refractivity contribution in [3.63, 3.8) is 0 Å². The number of rotatable bonds is 9. The molecule has 0 aliphatic heterocycles. The van der Waals surface area contributed by atoms with Crippen molar-refractivity contribution in [1.82, 2.24) is 14.9 Å². The standard InChI is InChI=1S/C26H25N3O4S/c1-32-19-13-11-18(12-14-19)15-16-27-24(30)17-34-26-28-21-8-4-3-7-20(21)25(31)29(26)22-9-5-6-10-23(22)33-2/h3-14H,15-17H2,1-2H3,(H,27,30). The van der Waals surface area contributed by atoms with Gasteiger partial charge in [0.15, 0.2) is 5.16 Å². The van der Waals surface area contributed by atoms with Crippen LogP contribution in [0.1, 0.15) is 5.56 Å². The minimum Gasteiger partial charge on any atom is -0.497 e. The summed E-state index contributed by atoms with van der Waals surface area (Å²) in [5.41, 5.74) is 2.06. The molecule has 4 rings (SSSR count). The van der Waals surface area contributed by atoms with Crippen molar-refractivity contribution in [2.45, 2.75) is 11.6 Å². The molecule has 7 nitrogen and oxygen atoms in total. The number of thioether (sulfide) groups is 1. The summed E-state index contributed by atoms with van der Waals surface area (Å²) in [5.74, 6) is 1.34. The van der Waals surface area contributed by atoms with Crippen LogP contribution in [0.25, 0.3) is 16.6 Å². The molecule has 0 aliphatic carbocycles. The highest BCUT2D eigenvalue weighted by Gasteiger charge is 2.17. The third-order valence-corrected chi connectivity index (χ3v) is 6.24. The number of methoxy groups -OCH3 is 2. The highest BCUT2D eigenvalue weighted by atomic mass is 32.2. The first-order valence-electron chi connectivity index (χ1n) is 10.8. The van der Waals surface area contributed by atoms with Gasteiger partial charge >= 0.3 is 0 Å². The molecular weight excluding hydrogens is 450 g/mol. The molecule has 0 bridgehead atoms. The quantitative estimate of drug-likeness (QED) is 0.293. The van der Waals surface area contributed by atoms with E-state index in [4.69, 9.17) is 9.47 Å². The Balaban J connectivity index is 1.51. The summed E-state index contributed by atoms with van der Waals surface area (Å²) in [6.45, 7) is 0.510. The molecule has 0 atom stereocenters. The first kappa shape index (κ1) is 23.4. The van der Waals surface area contributed by atoms with Gasteiger partial charge in [-0.3, -0.25) is 14.2 Å². The summed E-state index contributed by atoms with van der Waals surface area (Å²) in [6.07, 6.45) is 0.709. The normalized spacial score (nSPS) is 10.8. The summed E-state index contributed by atoms with van der Waals surface area (Å²) in [4.78, 5) is 30.6. The summed E-state index contributed by atoms with van der Waals surface area (Å²) in [6, 6.07) is 22.2. The second-order valence-electron chi connectivity index (χ2n) is 7.46. The van der Waals surface area contributed by atoms with Gasteiger partial charge < -0.3 is 14.8 Å². The fourth-order valence-electron chi connectivity index (χ4n) is 3.56. The maximum absolute atomic E-state index is 13.4. The van der Waals surface area contributed by atoms with E-state index in [-0.39, 0.29) is 17.2 Å². The van der Waals surface area contributed by atoms with Gasteiger partial charge in [0, 0.05) is 6.54 Å². The Morgan fingerprint density at radius 2 is 1.71 bits per heavy atom. The number of amides is 1. The Hall–Kier alpha value is -3.78. The Labute approximate surface area is 201 Å². The van der Waals surface area contributed by atoms with E-state index in [1.54, 1.807) is 44.6 Å². The average molecular weight is 476 g/mol. The van der Waals surface area contributed by atoms with Crippen molar-refractivity contribution in [3.05, 3.63) is 88.7 Å². The van der Waals surface area contributed by atoms with E-state index in [2.05, 4.69) is 10.3 Å². The molecule has 0 saturated heterocycles. The van der Waals surface area contributed by atoms with Crippen LogP contribution in [-0.2, 0) is 11.2 Å². The minimum atomic E-state index is -0.211. The van der Waals surface area contributed by atoms with Crippen LogP contribution < -0.4 is 20.3 Å².